The summed E-state index contributed by atoms with van der Waals surface area (Å²) in [6, 6.07) is 0. The molecule has 0 saturated heterocycles. The third-order valence-electron chi connectivity index (χ3n) is 21.4. The predicted molar refractivity (Wildman–Crippen MR) is 442 cm³/mol. The van der Waals surface area contributed by atoms with Crippen molar-refractivity contribution < 1.29 is 80.2 Å². The third kappa shape index (κ3) is 79.1. The van der Waals surface area contributed by atoms with Crippen molar-refractivity contribution in [2.24, 2.45) is 11.8 Å². The third-order valence-corrected chi connectivity index (χ3v) is 23.3. The van der Waals surface area contributed by atoms with Crippen LogP contribution in [0.1, 0.15) is 472 Å². The van der Waals surface area contributed by atoms with Crippen LogP contribution in [0.5, 0.6) is 0 Å². The van der Waals surface area contributed by atoms with Crippen molar-refractivity contribution in [3.63, 3.8) is 0 Å². The second-order valence-electron chi connectivity index (χ2n) is 32.1. The molecule has 7 atom stereocenters. The van der Waals surface area contributed by atoms with Crippen LogP contribution in [0.15, 0.2) is 0 Å². The average molecular weight is 1560 g/mol. The second-order valence-corrected chi connectivity index (χ2v) is 35.0. The first-order chi connectivity index (χ1) is 51.9. The fourth-order valence-electron chi connectivity index (χ4n) is 13.7. The molecule has 4 unspecified atom stereocenters. The molecule has 0 radical (unpaired) electrons. The maximum atomic E-state index is 13.2. The van der Waals surface area contributed by atoms with Crippen LogP contribution in [0.4, 0.5) is 0 Å². The van der Waals surface area contributed by atoms with E-state index in [1.165, 1.54) is 289 Å². The Labute approximate surface area is 658 Å². The predicted octanol–water partition coefficient (Wildman–Crippen LogP) is 27.0. The molecule has 0 aliphatic rings. The summed E-state index contributed by atoms with van der Waals surface area (Å²) in [7, 11) is -9.93. The van der Waals surface area contributed by atoms with Crippen LogP contribution in [0.25, 0.3) is 0 Å². The molecule has 0 bridgehead atoms. The van der Waals surface area contributed by atoms with Crippen molar-refractivity contribution in [2.45, 2.75) is 490 Å². The van der Waals surface area contributed by atoms with Gasteiger partial charge in [0.1, 0.15) is 19.3 Å². The van der Waals surface area contributed by atoms with E-state index in [0.717, 1.165) is 102 Å². The van der Waals surface area contributed by atoms with Crippen LogP contribution >= 0.6 is 15.6 Å². The first-order valence-electron chi connectivity index (χ1n) is 45.6. The molecule has 0 heterocycles. The summed E-state index contributed by atoms with van der Waals surface area (Å²) < 4.78 is 68.9. The first kappa shape index (κ1) is 105. The Hall–Kier alpha value is -1.94. The molecule has 107 heavy (non-hydrogen) atoms. The second kappa shape index (κ2) is 79.3. The highest BCUT2D eigenvalue weighted by atomic mass is 31.2. The van der Waals surface area contributed by atoms with E-state index >= 15 is 0 Å². The van der Waals surface area contributed by atoms with Crippen molar-refractivity contribution in [2.75, 3.05) is 39.6 Å². The van der Waals surface area contributed by atoms with Gasteiger partial charge in [0.05, 0.1) is 26.4 Å². The molecule has 0 aromatic carbocycles. The molecule has 0 rings (SSSR count). The zero-order valence-corrected chi connectivity index (χ0v) is 72.2. The first-order valence-corrected chi connectivity index (χ1v) is 48.6. The molecule has 0 spiro atoms. The lowest BCUT2D eigenvalue weighted by Gasteiger charge is -2.21. The number of aliphatic hydroxyl groups excluding tert-OH is 1. The van der Waals surface area contributed by atoms with E-state index in [2.05, 4.69) is 41.5 Å². The Morgan fingerprint density at radius 2 is 0.449 bits per heavy atom. The summed E-state index contributed by atoms with van der Waals surface area (Å²) in [5.41, 5.74) is 0. The zero-order chi connectivity index (χ0) is 78.5. The molecule has 0 aromatic heterocycles. The fraction of sp³-hybridized carbons (Fsp3) is 0.955. The van der Waals surface area contributed by atoms with Crippen molar-refractivity contribution >= 4 is 39.5 Å². The minimum Gasteiger partial charge on any atom is -0.462 e. The lowest BCUT2D eigenvalue weighted by atomic mass is 9.99. The molecular weight excluding hydrogens is 1390 g/mol. The largest absolute Gasteiger partial charge is 0.472 e. The lowest BCUT2D eigenvalue weighted by Crippen LogP contribution is -2.30. The number of ether oxygens (including phenoxy) is 4. The van der Waals surface area contributed by atoms with E-state index in [-0.39, 0.29) is 25.7 Å². The van der Waals surface area contributed by atoms with Crippen molar-refractivity contribution in [1.82, 2.24) is 0 Å². The maximum absolute atomic E-state index is 13.2. The Morgan fingerprint density at radius 3 is 0.664 bits per heavy atom. The van der Waals surface area contributed by atoms with Gasteiger partial charge in [0.25, 0.3) is 0 Å². The molecule has 3 N–H and O–H groups in total. The highest BCUT2D eigenvalue weighted by Crippen LogP contribution is 2.45. The zero-order valence-electron chi connectivity index (χ0n) is 70.5. The van der Waals surface area contributed by atoms with Crippen LogP contribution in [-0.4, -0.2) is 96.7 Å². The molecule has 19 heteroatoms. The van der Waals surface area contributed by atoms with Gasteiger partial charge >= 0.3 is 39.5 Å². The van der Waals surface area contributed by atoms with E-state index in [1.54, 1.807) is 0 Å². The van der Waals surface area contributed by atoms with Gasteiger partial charge in [0, 0.05) is 25.7 Å². The van der Waals surface area contributed by atoms with Crippen molar-refractivity contribution in [3.05, 3.63) is 0 Å². The van der Waals surface area contributed by atoms with Crippen LogP contribution in [0.3, 0.4) is 0 Å². The number of phosphoric ester groups is 2. The number of hydrogen-bond acceptors (Lipinski definition) is 15. The number of aliphatic hydroxyl groups is 1. The number of hydrogen-bond donors (Lipinski definition) is 3. The van der Waals surface area contributed by atoms with E-state index in [1.807, 2.05) is 0 Å². The van der Waals surface area contributed by atoms with Crippen LogP contribution < -0.4 is 0 Å². The molecule has 17 nitrogen and oxygen atoms in total. The molecule has 636 valence electrons. The summed E-state index contributed by atoms with van der Waals surface area (Å²) >= 11 is 0. The number of unbranched alkanes of at least 4 members (excludes halogenated alkanes) is 55. The monoisotopic (exact) mass is 1560 g/mol. The molecule has 0 saturated carbocycles. The number of carbonyl (C=O) groups excluding carboxylic acids is 4. The van der Waals surface area contributed by atoms with Gasteiger partial charge in [-0.15, -0.1) is 0 Å². The summed E-state index contributed by atoms with van der Waals surface area (Å²) in [6.45, 7) is 9.76. The number of carbonyl (C=O) groups is 4. The maximum Gasteiger partial charge on any atom is 0.472 e. The molecule has 0 amide bonds. The lowest BCUT2D eigenvalue weighted by molar-refractivity contribution is -0.161. The minimum absolute atomic E-state index is 0.107. The number of rotatable bonds is 87. The fourth-order valence-corrected chi connectivity index (χ4v) is 15.3. The highest BCUT2D eigenvalue weighted by molar-refractivity contribution is 7.47. The standard InChI is InChI=1S/C88H172O17P2/c1-7-11-13-15-17-19-21-22-23-24-25-26-27-31-34-37-40-47-53-59-65-71-86(91)99-77-84(104-87(92)72-66-60-54-48-41-38-35-32-29-28-30-33-36-39-44-50-56-62-68-80(5)9-3)79-103-107(96,97)101-75-82(89)74-100-106(94,95)102-78-83(76-98-85(90)70-64-58-52-46-20-18-16-14-12-8-2)105-88(93)73-67-61-55-49-43-42-45-51-57-63-69-81(6)10-4/h80-84,89H,7-79H2,1-6H3,(H,94,95)(H,96,97)/t80?,81?,82-,83+,84+/m0/s1. The van der Waals surface area contributed by atoms with Gasteiger partial charge in [-0.25, -0.2) is 9.13 Å². The van der Waals surface area contributed by atoms with Gasteiger partial charge in [-0.3, -0.25) is 37.3 Å². The summed E-state index contributed by atoms with van der Waals surface area (Å²) in [5.74, 6) is -0.427. The Kier molecular flexibility index (Phi) is 77.9. The molecular formula is C88H172O17P2. The SMILES string of the molecule is CCCCCCCCCCCCCCCCCCCCCCCC(=O)OC[C@H](COP(=O)(O)OC[C@@H](O)COP(=O)(O)OC[C@@H](COC(=O)CCCCCCCCCCCC)OC(=O)CCCCCCCCCCCCC(C)CC)OC(=O)CCCCCCCCCCCCCCCCCCCCC(C)CC. The van der Waals surface area contributed by atoms with E-state index in [9.17, 15) is 43.2 Å². The average Bonchev–Trinajstić information content (AvgIpc) is 0.901. The van der Waals surface area contributed by atoms with Crippen LogP contribution in [0.2, 0.25) is 0 Å². The summed E-state index contributed by atoms with van der Waals surface area (Å²) in [6.07, 6.45) is 72.2. The molecule has 0 aliphatic carbocycles. The molecule has 0 aliphatic heterocycles. The Balaban J connectivity index is 5.21. The van der Waals surface area contributed by atoms with Crippen molar-refractivity contribution in [1.29, 1.82) is 0 Å². The van der Waals surface area contributed by atoms with Crippen LogP contribution in [0, 0.1) is 11.8 Å². The van der Waals surface area contributed by atoms with E-state index in [0.29, 0.717) is 25.7 Å². The number of esters is 4. The van der Waals surface area contributed by atoms with Gasteiger partial charge < -0.3 is 33.8 Å². The molecule has 0 fully saturated rings. The van der Waals surface area contributed by atoms with Crippen LogP contribution in [-0.2, 0) is 65.4 Å². The van der Waals surface area contributed by atoms with Gasteiger partial charge in [0.15, 0.2) is 12.2 Å². The van der Waals surface area contributed by atoms with Gasteiger partial charge in [-0.2, -0.15) is 0 Å². The minimum atomic E-state index is -4.97. The Bertz CT molecular complexity index is 2050. The number of phosphoric acid groups is 2. The van der Waals surface area contributed by atoms with Gasteiger partial charge in [-0.05, 0) is 37.5 Å². The van der Waals surface area contributed by atoms with E-state index in [4.69, 9.17) is 37.0 Å². The Morgan fingerprint density at radius 1 is 0.262 bits per heavy atom. The van der Waals surface area contributed by atoms with Crippen molar-refractivity contribution in [3.8, 4) is 0 Å². The van der Waals surface area contributed by atoms with Gasteiger partial charge in [0.2, 0.25) is 0 Å². The summed E-state index contributed by atoms with van der Waals surface area (Å²) in [4.78, 5) is 73.2. The highest BCUT2D eigenvalue weighted by Gasteiger charge is 2.31. The molecule has 0 aromatic rings. The van der Waals surface area contributed by atoms with E-state index < -0.39 is 97.5 Å². The summed E-state index contributed by atoms with van der Waals surface area (Å²) in [5, 5.41) is 10.7. The normalized spacial score (nSPS) is 14.3. The topological polar surface area (TPSA) is 237 Å². The quantitative estimate of drug-likeness (QED) is 0.0222. The van der Waals surface area contributed by atoms with Gasteiger partial charge in [-0.1, -0.05) is 420 Å². The smallest absolute Gasteiger partial charge is 0.462 e.